The van der Waals surface area contributed by atoms with Crippen LogP contribution in [-0.4, -0.2) is 5.78 Å². The maximum atomic E-state index is 11.0. The lowest BCUT2D eigenvalue weighted by Gasteiger charge is -1.86. The molecule has 2 heterocycles. The molecule has 0 aliphatic heterocycles. The van der Waals surface area contributed by atoms with Crippen molar-refractivity contribution >= 4 is 17.1 Å². The van der Waals surface area contributed by atoms with E-state index in [9.17, 15) is 4.79 Å². The molecule has 0 radical (unpaired) electrons. The van der Waals surface area contributed by atoms with Gasteiger partial charge in [-0.1, -0.05) is 0 Å². The first-order valence-corrected chi connectivity index (χ1v) is 4.72. The van der Waals surface area contributed by atoms with E-state index in [1.807, 2.05) is 18.2 Å². The molecule has 0 aliphatic carbocycles. The van der Waals surface area contributed by atoms with E-state index in [1.165, 1.54) is 11.3 Å². The molecular weight excluding hydrogens is 184 g/mol. The third-order valence-electron chi connectivity index (χ3n) is 1.76. The fraction of sp³-hybridized carbons (Fsp3) is 0.100. The van der Waals surface area contributed by atoms with Crippen molar-refractivity contribution in [2.75, 3.05) is 0 Å². The second-order valence-electron chi connectivity index (χ2n) is 2.73. The smallest absolute Gasteiger partial charge is 0.169 e. The minimum Gasteiger partial charge on any atom is -0.472 e. The molecule has 13 heavy (non-hydrogen) atoms. The van der Waals surface area contributed by atoms with Crippen LogP contribution in [0.1, 0.15) is 16.6 Å². The Bertz CT molecular complexity index is 412. The van der Waals surface area contributed by atoms with E-state index >= 15 is 0 Å². The fourth-order valence-corrected chi connectivity index (χ4v) is 1.97. The number of ketones is 1. The number of hydrogen-bond acceptors (Lipinski definition) is 3. The SMILES string of the molecule is CC(=O)c1ccc(-c2ccoc2)s1. The van der Waals surface area contributed by atoms with Crippen LogP contribution >= 0.6 is 11.3 Å². The Kier molecular flexibility index (Phi) is 2.02. The summed E-state index contributed by atoms with van der Waals surface area (Å²) in [7, 11) is 0. The third-order valence-corrected chi connectivity index (χ3v) is 2.99. The van der Waals surface area contributed by atoms with Gasteiger partial charge in [-0.05, 0) is 25.1 Å². The minimum absolute atomic E-state index is 0.111. The Morgan fingerprint density at radius 3 is 2.77 bits per heavy atom. The number of carbonyl (C=O) groups is 1. The summed E-state index contributed by atoms with van der Waals surface area (Å²) in [6.45, 7) is 1.57. The molecule has 0 saturated heterocycles. The van der Waals surface area contributed by atoms with Gasteiger partial charge in [0.25, 0.3) is 0 Å². The molecular formula is C10H8O2S. The largest absolute Gasteiger partial charge is 0.472 e. The van der Waals surface area contributed by atoms with Gasteiger partial charge in [-0.2, -0.15) is 0 Å². The maximum Gasteiger partial charge on any atom is 0.169 e. The molecule has 0 N–H and O–H groups in total. The quantitative estimate of drug-likeness (QED) is 0.684. The zero-order valence-electron chi connectivity index (χ0n) is 7.11. The van der Waals surface area contributed by atoms with Gasteiger partial charge in [-0.3, -0.25) is 4.79 Å². The van der Waals surface area contributed by atoms with Crippen LogP contribution in [0.2, 0.25) is 0 Å². The number of thiophene rings is 1. The molecule has 0 aliphatic rings. The van der Waals surface area contributed by atoms with Crippen LogP contribution in [0.25, 0.3) is 10.4 Å². The first-order chi connectivity index (χ1) is 6.27. The van der Waals surface area contributed by atoms with Gasteiger partial charge in [0.05, 0.1) is 17.4 Å². The van der Waals surface area contributed by atoms with E-state index in [-0.39, 0.29) is 5.78 Å². The van der Waals surface area contributed by atoms with Crippen molar-refractivity contribution in [2.24, 2.45) is 0 Å². The van der Waals surface area contributed by atoms with E-state index in [0.717, 1.165) is 15.3 Å². The Labute approximate surface area is 79.8 Å². The number of rotatable bonds is 2. The molecule has 0 unspecified atom stereocenters. The molecule has 0 atom stereocenters. The summed E-state index contributed by atoms with van der Waals surface area (Å²) in [6, 6.07) is 5.66. The number of hydrogen-bond donors (Lipinski definition) is 0. The summed E-state index contributed by atoms with van der Waals surface area (Å²) in [5.41, 5.74) is 1.03. The van der Waals surface area contributed by atoms with Gasteiger partial charge in [0, 0.05) is 10.4 Å². The van der Waals surface area contributed by atoms with Crippen molar-refractivity contribution in [1.82, 2.24) is 0 Å². The lowest BCUT2D eigenvalue weighted by molar-refractivity contribution is 0.102. The highest BCUT2D eigenvalue weighted by molar-refractivity contribution is 7.17. The molecule has 0 spiro atoms. The van der Waals surface area contributed by atoms with Crippen LogP contribution in [0.3, 0.4) is 0 Å². The number of Topliss-reactive ketones (excluding diaryl/α,β-unsaturated/α-hetero) is 1. The molecule has 0 bridgehead atoms. The standard InChI is InChI=1S/C10H8O2S/c1-7(11)9-2-3-10(13-9)8-4-5-12-6-8/h2-6H,1H3. The van der Waals surface area contributed by atoms with Gasteiger partial charge in [0.15, 0.2) is 5.78 Å². The molecule has 0 amide bonds. The molecule has 2 rings (SSSR count). The number of furan rings is 1. The van der Waals surface area contributed by atoms with Crippen molar-refractivity contribution in [1.29, 1.82) is 0 Å². The molecule has 2 nitrogen and oxygen atoms in total. The Morgan fingerprint density at radius 1 is 1.38 bits per heavy atom. The summed E-state index contributed by atoms with van der Waals surface area (Å²) in [4.78, 5) is 12.9. The third kappa shape index (κ3) is 1.55. The number of carbonyl (C=O) groups excluding carboxylic acids is 1. The molecule has 0 saturated carbocycles. The van der Waals surface area contributed by atoms with Crippen molar-refractivity contribution in [2.45, 2.75) is 6.92 Å². The minimum atomic E-state index is 0.111. The van der Waals surface area contributed by atoms with Crippen molar-refractivity contribution in [3.05, 3.63) is 35.6 Å². The predicted molar refractivity (Wildman–Crippen MR) is 52.0 cm³/mol. The predicted octanol–water partition coefficient (Wildman–Crippen LogP) is 3.21. The average Bonchev–Trinajstić information content (AvgIpc) is 2.75. The summed E-state index contributed by atoms with van der Waals surface area (Å²) in [6.07, 6.45) is 3.30. The summed E-state index contributed by atoms with van der Waals surface area (Å²) in [5, 5.41) is 0. The molecule has 0 aromatic carbocycles. The Balaban J connectivity index is 2.39. The van der Waals surface area contributed by atoms with E-state index in [0.29, 0.717) is 0 Å². The van der Waals surface area contributed by atoms with Crippen molar-refractivity contribution in [3.8, 4) is 10.4 Å². The normalized spacial score (nSPS) is 10.2. The van der Waals surface area contributed by atoms with Crippen LogP contribution < -0.4 is 0 Å². The highest BCUT2D eigenvalue weighted by Crippen LogP contribution is 2.28. The van der Waals surface area contributed by atoms with Gasteiger partial charge in [-0.15, -0.1) is 11.3 Å². The van der Waals surface area contributed by atoms with Gasteiger partial charge < -0.3 is 4.42 Å². The highest BCUT2D eigenvalue weighted by atomic mass is 32.1. The second-order valence-corrected chi connectivity index (χ2v) is 3.82. The van der Waals surface area contributed by atoms with Crippen LogP contribution in [0.15, 0.2) is 35.1 Å². The fourth-order valence-electron chi connectivity index (χ4n) is 1.09. The van der Waals surface area contributed by atoms with Crippen molar-refractivity contribution in [3.63, 3.8) is 0 Å². The van der Waals surface area contributed by atoms with E-state index in [4.69, 9.17) is 4.42 Å². The highest BCUT2D eigenvalue weighted by Gasteiger charge is 2.06. The Hall–Kier alpha value is -1.35. The summed E-state index contributed by atoms with van der Waals surface area (Å²) < 4.78 is 4.96. The van der Waals surface area contributed by atoms with Gasteiger partial charge in [0.2, 0.25) is 0 Å². The zero-order chi connectivity index (χ0) is 9.26. The van der Waals surface area contributed by atoms with Crippen LogP contribution in [0.5, 0.6) is 0 Å². The molecule has 2 aromatic rings. The Morgan fingerprint density at radius 2 is 2.23 bits per heavy atom. The van der Waals surface area contributed by atoms with Gasteiger partial charge in [0.1, 0.15) is 0 Å². The monoisotopic (exact) mass is 192 g/mol. The van der Waals surface area contributed by atoms with Crippen LogP contribution in [0.4, 0.5) is 0 Å². The first kappa shape index (κ1) is 8.26. The molecule has 2 aromatic heterocycles. The van der Waals surface area contributed by atoms with E-state index < -0.39 is 0 Å². The van der Waals surface area contributed by atoms with E-state index in [2.05, 4.69) is 0 Å². The van der Waals surface area contributed by atoms with Crippen LogP contribution in [0, 0.1) is 0 Å². The average molecular weight is 192 g/mol. The van der Waals surface area contributed by atoms with Gasteiger partial charge in [-0.25, -0.2) is 0 Å². The van der Waals surface area contributed by atoms with Gasteiger partial charge >= 0.3 is 0 Å². The molecule has 0 fully saturated rings. The zero-order valence-corrected chi connectivity index (χ0v) is 7.93. The molecule has 66 valence electrons. The lowest BCUT2D eigenvalue weighted by atomic mass is 10.3. The summed E-state index contributed by atoms with van der Waals surface area (Å²) in [5.74, 6) is 0.111. The topological polar surface area (TPSA) is 30.2 Å². The molecule has 3 heteroatoms. The maximum absolute atomic E-state index is 11.0. The van der Waals surface area contributed by atoms with E-state index in [1.54, 1.807) is 19.5 Å². The van der Waals surface area contributed by atoms with Crippen molar-refractivity contribution < 1.29 is 9.21 Å². The second kappa shape index (κ2) is 3.18. The summed E-state index contributed by atoms with van der Waals surface area (Å²) >= 11 is 1.49. The lowest BCUT2D eigenvalue weighted by Crippen LogP contribution is -1.83. The van der Waals surface area contributed by atoms with Crippen LogP contribution in [-0.2, 0) is 0 Å². The first-order valence-electron chi connectivity index (χ1n) is 3.91.